The average Bonchev–Trinajstić information content (AvgIpc) is 2.84. The Kier molecular flexibility index (Phi) is 4.21. The van der Waals surface area contributed by atoms with Crippen molar-refractivity contribution in [1.82, 2.24) is 10.7 Å². The molecule has 0 spiro atoms. The number of hydrazine groups is 1. The van der Waals surface area contributed by atoms with Crippen molar-refractivity contribution in [1.29, 1.82) is 0 Å². The average molecular weight is 321 g/mol. The SMILES string of the molecule is CCOC(=O)C1CC(=O)NC2C1C(C)NN2c1ccccc1F. The number of benzene rings is 1. The van der Waals surface area contributed by atoms with Crippen LogP contribution in [0.1, 0.15) is 20.3 Å². The van der Waals surface area contributed by atoms with E-state index in [9.17, 15) is 14.0 Å². The van der Waals surface area contributed by atoms with Crippen molar-refractivity contribution in [2.45, 2.75) is 32.5 Å². The van der Waals surface area contributed by atoms with Crippen LogP contribution in [0.3, 0.4) is 0 Å². The zero-order chi connectivity index (χ0) is 16.6. The second kappa shape index (κ2) is 6.16. The third-order valence-electron chi connectivity index (χ3n) is 4.44. The number of carbonyl (C=O) groups excluding carboxylic acids is 2. The van der Waals surface area contributed by atoms with Gasteiger partial charge >= 0.3 is 5.97 Å². The summed E-state index contributed by atoms with van der Waals surface area (Å²) in [6.07, 6.45) is -0.394. The van der Waals surface area contributed by atoms with Gasteiger partial charge in [-0.2, -0.15) is 0 Å². The molecule has 1 amide bonds. The van der Waals surface area contributed by atoms with Gasteiger partial charge < -0.3 is 10.1 Å². The van der Waals surface area contributed by atoms with Crippen molar-refractivity contribution in [3.8, 4) is 0 Å². The number of hydrogen-bond donors (Lipinski definition) is 2. The lowest BCUT2D eigenvalue weighted by molar-refractivity contribution is -0.154. The molecule has 1 aromatic carbocycles. The highest BCUT2D eigenvalue weighted by Crippen LogP contribution is 2.37. The number of anilines is 1. The van der Waals surface area contributed by atoms with E-state index in [0.717, 1.165) is 0 Å². The molecule has 1 aromatic rings. The third kappa shape index (κ3) is 2.76. The van der Waals surface area contributed by atoms with E-state index >= 15 is 0 Å². The Balaban J connectivity index is 1.92. The maximum absolute atomic E-state index is 14.1. The van der Waals surface area contributed by atoms with Crippen molar-refractivity contribution < 1.29 is 18.7 Å². The summed E-state index contributed by atoms with van der Waals surface area (Å²) in [7, 11) is 0. The molecule has 6 nitrogen and oxygen atoms in total. The van der Waals surface area contributed by atoms with Crippen LogP contribution in [-0.4, -0.2) is 30.7 Å². The van der Waals surface area contributed by atoms with Crippen LogP contribution in [0.15, 0.2) is 24.3 Å². The van der Waals surface area contributed by atoms with E-state index in [1.165, 1.54) is 6.07 Å². The lowest BCUT2D eigenvalue weighted by atomic mass is 9.80. The molecule has 4 atom stereocenters. The van der Waals surface area contributed by atoms with Crippen LogP contribution in [0.5, 0.6) is 0 Å². The molecule has 0 saturated carbocycles. The topological polar surface area (TPSA) is 70.7 Å². The maximum Gasteiger partial charge on any atom is 0.309 e. The second-order valence-corrected chi connectivity index (χ2v) is 5.89. The van der Waals surface area contributed by atoms with Gasteiger partial charge in [-0.3, -0.25) is 14.6 Å². The molecule has 124 valence electrons. The summed E-state index contributed by atoms with van der Waals surface area (Å²) in [5.74, 6) is -1.72. The molecule has 2 aliphatic rings. The van der Waals surface area contributed by atoms with Gasteiger partial charge in [0.1, 0.15) is 12.0 Å². The lowest BCUT2D eigenvalue weighted by Gasteiger charge is -2.36. The Morgan fingerprint density at radius 3 is 2.87 bits per heavy atom. The summed E-state index contributed by atoms with van der Waals surface area (Å²) in [4.78, 5) is 24.2. The lowest BCUT2D eigenvalue weighted by Crippen LogP contribution is -2.56. The Morgan fingerprint density at radius 2 is 2.17 bits per heavy atom. The molecule has 0 bridgehead atoms. The quantitative estimate of drug-likeness (QED) is 0.818. The molecular weight excluding hydrogens is 301 g/mol. The molecule has 7 heteroatoms. The van der Waals surface area contributed by atoms with E-state index < -0.39 is 12.1 Å². The van der Waals surface area contributed by atoms with Crippen LogP contribution in [0.25, 0.3) is 0 Å². The smallest absolute Gasteiger partial charge is 0.309 e. The van der Waals surface area contributed by atoms with Crippen LogP contribution in [0.4, 0.5) is 10.1 Å². The van der Waals surface area contributed by atoms with Crippen molar-refractivity contribution in [3.05, 3.63) is 30.1 Å². The first kappa shape index (κ1) is 15.7. The number of rotatable bonds is 3. The number of fused-ring (bicyclic) bond motifs is 1. The van der Waals surface area contributed by atoms with Gasteiger partial charge in [0, 0.05) is 18.4 Å². The monoisotopic (exact) mass is 321 g/mol. The molecule has 2 aliphatic heterocycles. The maximum atomic E-state index is 14.1. The number of esters is 1. The van der Waals surface area contributed by atoms with Gasteiger partial charge in [0.15, 0.2) is 0 Å². The molecule has 2 heterocycles. The third-order valence-corrected chi connectivity index (χ3v) is 4.44. The minimum Gasteiger partial charge on any atom is -0.466 e. The second-order valence-electron chi connectivity index (χ2n) is 5.89. The Labute approximate surface area is 134 Å². The first-order valence-electron chi connectivity index (χ1n) is 7.79. The standard InChI is InChI=1S/C16H20FN3O3/c1-3-23-16(22)10-8-13(21)18-15-14(10)9(2)19-20(15)12-7-5-4-6-11(12)17/h4-7,9-10,14-15,19H,3,8H2,1-2H3,(H,18,21). The Bertz CT molecular complexity index is 624. The van der Waals surface area contributed by atoms with E-state index in [1.807, 2.05) is 6.92 Å². The molecule has 0 radical (unpaired) electrons. The predicted molar refractivity (Wildman–Crippen MR) is 81.6 cm³/mol. The van der Waals surface area contributed by atoms with E-state index in [0.29, 0.717) is 5.69 Å². The van der Waals surface area contributed by atoms with Crippen molar-refractivity contribution >= 4 is 17.6 Å². The fourth-order valence-corrected chi connectivity index (χ4v) is 3.48. The molecule has 0 aliphatic carbocycles. The number of nitrogens with zero attached hydrogens (tertiary/aromatic N) is 1. The summed E-state index contributed by atoms with van der Waals surface area (Å²) in [6, 6.07) is 6.23. The van der Waals surface area contributed by atoms with Crippen LogP contribution < -0.4 is 15.8 Å². The van der Waals surface area contributed by atoms with Crippen LogP contribution in [0, 0.1) is 17.7 Å². The van der Waals surface area contributed by atoms with Crippen molar-refractivity contribution in [2.75, 3.05) is 11.6 Å². The summed E-state index contributed by atoms with van der Waals surface area (Å²) in [5.41, 5.74) is 3.52. The summed E-state index contributed by atoms with van der Waals surface area (Å²) in [6.45, 7) is 3.93. The number of piperidine rings is 1. The fraction of sp³-hybridized carbons (Fsp3) is 0.500. The largest absolute Gasteiger partial charge is 0.466 e. The number of halogens is 1. The van der Waals surface area contributed by atoms with Crippen LogP contribution >= 0.6 is 0 Å². The van der Waals surface area contributed by atoms with Crippen LogP contribution in [0.2, 0.25) is 0 Å². The first-order valence-corrected chi connectivity index (χ1v) is 7.79. The zero-order valence-corrected chi connectivity index (χ0v) is 13.1. The highest BCUT2D eigenvalue weighted by molar-refractivity contribution is 5.85. The summed E-state index contributed by atoms with van der Waals surface area (Å²) >= 11 is 0. The number of para-hydroxylation sites is 1. The number of amides is 1. The Morgan fingerprint density at radius 1 is 1.43 bits per heavy atom. The van der Waals surface area contributed by atoms with Crippen molar-refractivity contribution in [3.63, 3.8) is 0 Å². The number of nitrogens with one attached hydrogen (secondary N) is 2. The summed E-state index contributed by atoms with van der Waals surface area (Å²) < 4.78 is 19.2. The van der Waals surface area contributed by atoms with E-state index in [4.69, 9.17) is 4.74 Å². The highest BCUT2D eigenvalue weighted by atomic mass is 19.1. The minimum atomic E-state index is -0.534. The van der Waals surface area contributed by atoms with E-state index in [2.05, 4.69) is 10.7 Å². The summed E-state index contributed by atoms with van der Waals surface area (Å²) in [5, 5.41) is 4.47. The molecule has 0 aromatic heterocycles. The molecule has 3 rings (SSSR count). The molecular formula is C16H20FN3O3. The van der Waals surface area contributed by atoms with Gasteiger partial charge in [0.2, 0.25) is 5.91 Å². The van der Waals surface area contributed by atoms with Gasteiger partial charge in [-0.15, -0.1) is 0 Å². The fourth-order valence-electron chi connectivity index (χ4n) is 3.48. The molecule has 23 heavy (non-hydrogen) atoms. The van der Waals surface area contributed by atoms with Crippen LogP contribution in [-0.2, 0) is 14.3 Å². The normalized spacial score (nSPS) is 29.9. The van der Waals surface area contributed by atoms with E-state index in [-0.39, 0.29) is 42.7 Å². The van der Waals surface area contributed by atoms with Gasteiger partial charge in [0.25, 0.3) is 0 Å². The number of hydrogen-bond acceptors (Lipinski definition) is 5. The van der Waals surface area contributed by atoms with Crippen molar-refractivity contribution in [2.24, 2.45) is 11.8 Å². The predicted octanol–water partition coefficient (Wildman–Crippen LogP) is 1.18. The van der Waals surface area contributed by atoms with Gasteiger partial charge in [-0.1, -0.05) is 12.1 Å². The number of carbonyl (C=O) groups is 2. The molecule has 4 unspecified atom stereocenters. The Hall–Kier alpha value is -2.15. The molecule has 2 N–H and O–H groups in total. The van der Waals surface area contributed by atoms with E-state index in [1.54, 1.807) is 30.1 Å². The molecule has 2 saturated heterocycles. The van der Waals surface area contributed by atoms with Gasteiger partial charge in [-0.25, -0.2) is 9.82 Å². The van der Waals surface area contributed by atoms with Gasteiger partial charge in [0.05, 0.1) is 18.2 Å². The first-order chi connectivity index (χ1) is 11.0. The zero-order valence-electron chi connectivity index (χ0n) is 13.1. The minimum absolute atomic E-state index is 0.0944. The highest BCUT2D eigenvalue weighted by Gasteiger charge is 2.51. The number of ether oxygens (including phenoxy) is 1. The molecule has 2 fully saturated rings. The van der Waals surface area contributed by atoms with Gasteiger partial charge in [-0.05, 0) is 26.0 Å².